The minimum absolute atomic E-state index is 0.102. The first kappa shape index (κ1) is 27.3. The Morgan fingerprint density at radius 1 is 1.09 bits per heavy atom. The number of rotatable bonds is 6. The minimum Gasteiger partial charge on any atom is -0.489 e. The molecule has 0 aromatic heterocycles. The number of aliphatic hydroxyl groups excluding tert-OH is 1. The van der Waals surface area contributed by atoms with Gasteiger partial charge in [0.05, 0.1) is 15.6 Å². The van der Waals surface area contributed by atoms with E-state index in [-0.39, 0.29) is 25.2 Å². The Hall–Kier alpha value is -2.30. The van der Waals surface area contributed by atoms with Gasteiger partial charge in [-0.25, -0.2) is 4.79 Å². The van der Waals surface area contributed by atoms with E-state index in [1.807, 2.05) is 52.0 Å². The minimum atomic E-state index is -0.505. The zero-order valence-corrected chi connectivity index (χ0v) is 23.5. The molecule has 2 amide bonds. The lowest BCUT2D eigenvalue weighted by molar-refractivity contribution is 0.0240. The summed E-state index contributed by atoms with van der Waals surface area (Å²) in [6, 6.07) is 9.37. The highest BCUT2D eigenvalue weighted by atomic mass is 79.9. The molecule has 1 fully saturated rings. The van der Waals surface area contributed by atoms with Gasteiger partial charge in [0.15, 0.2) is 0 Å². The molecular formula is C25H31Br2N3O5. The number of ether oxygens (including phenoxy) is 2. The summed E-state index contributed by atoms with van der Waals surface area (Å²) in [5.74, 6) is 0.306. The third kappa shape index (κ3) is 7.11. The molecule has 3 rings (SSSR count). The second-order valence-corrected chi connectivity index (χ2v) is 10.8. The molecule has 35 heavy (non-hydrogen) atoms. The number of halogens is 2. The van der Waals surface area contributed by atoms with Crippen LogP contribution >= 0.6 is 31.9 Å². The fourth-order valence-electron chi connectivity index (χ4n) is 3.64. The summed E-state index contributed by atoms with van der Waals surface area (Å²) < 4.78 is 12.3. The number of benzene rings is 2. The van der Waals surface area contributed by atoms with E-state index in [2.05, 4.69) is 42.1 Å². The van der Waals surface area contributed by atoms with E-state index in [0.29, 0.717) is 52.1 Å². The van der Waals surface area contributed by atoms with E-state index >= 15 is 0 Å². The molecule has 1 saturated heterocycles. The van der Waals surface area contributed by atoms with E-state index in [9.17, 15) is 9.59 Å². The highest BCUT2D eigenvalue weighted by Crippen LogP contribution is 2.38. The average molecular weight is 613 g/mol. The molecule has 2 aromatic carbocycles. The van der Waals surface area contributed by atoms with Gasteiger partial charge >= 0.3 is 6.09 Å². The van der Waals surface area contributed by atoms with Gasteiger partial charge in [0.1, 0.15) is 18.0 Å². The van der Waals surface area contributed by atoms with Crippen LogP contribution in [0.15, 0.2) is 39.3 Å². The van der Waals surface area contributed by atoms with E-state index in [1.165, 1.54) is 0 Å². The molecule has 1 heterocycles. The maximum absolute atomic E-state index is 13.0. The van der Waals surface area contributed by atoms with E-state index in [0.717, 1.165) is 11.3 Å². The summed E-state index contributed by atoms with van der Waals surface area (Å²) >= 11 is 6.93. The molecule has 0 aliphatic carbocycles. The molecule has 0 saturated carbocycles. The third-order valence-electron chi connectivity index (χ3n) is 5.42. The summed E-state index contributed by atoms with van der Waals surface area (Å²) in [5.41, 5.74) is 2.44. The third-order valence-corrected chi connectivity index (χ3v) is 6.97. The molecule has 10 heteroatoms. The van der Waals surface area contributed by atoms with Crippen LogP contribution in [0.2, 0.25) is 0 Å². The number of hydrogen-bond acceptors (Lipinski definition) is 6. The number of nitrogens with zero attached hydrogens (tertiary/aromatic N) is 2. The largest absolute Gasteiger partial charge is 0.489 e. The number of aliphatic hydroxyl groups is 1. The highest BCUT2D eigenvalue weighted by Gasteiger charge is 2.26. The first-order valence-corrected chi connectivity index (χ1v) is 13.0. The van der Waals surface area contributed by atoms with Gasteiger partial charge in [-0.2, -0.15) is 0 Å². The van der Waals surface area contributed by atoms with Crippen molar-refractivity contribution in [1.29, 1.82) is 0 Å². The number of amides is 2. The summed E-state index contributed by atoms with van der Waals surface area (Å²) in [4.78, 5) is 29.2. The summed E-state index contributed by atoms with van der Waals surface area (Å²) in [6.45, 7) is 10.1. The van der Waals surface area contributed by atoms with Gasteiger partial charge in [0, 0.05) is 43.1 Å². The molecule has 8 nitrogen and oxygen atoms in total. The number of anilines is 2. The van der Waals surface area contributed by atoms with Gasteiger partial charge in [-0.05, 0) is 95.5 Å². The fraction of sp³-hybridized carbons (Fsp3) is 0.440. The molecule has 2 aromatic rings. The maximum Gasteiger partial charge on any atom is 0.410 e. The number of piperazine rings is 1. The Morgan fingerprint density at radius 2 is 1.71 bits per heavy atom. The fourth-order valence-corrected chi connectivity index (χ4v) is 4.99. The quantitative estimate of drug-likeness (QED) is 0.466. The van der Waals surface area contributed by atoms with Crippen molar-refractivity contribution in [2.24, 2.45) is 0 Å². The molecule has 190 valence electrons. The first-order chi connectivity index (χ1) is 16.5. The Morgan fingerprint density at radius 3 is 2.29 bits per heavy atom. The van der Waals surface area contributed by atoms with Crippen LogP contribution in [0.4, 0.5) is 16.2 Å². The Bertz CT molecular complexity index is 1060. The highest BCUT2D eigenvalue weighted by molar-refractivity contribution is 9.11. The van der Waals surface area contributed by atoms with E-state index < -0.39 is 5.60 Å². The Kier molecular flexibility index (Phi) is 9.06. The van der Waals surface area contributed by atoms with Gasteiger partial charge in [0.25, 0.3) is 5.91 Å². The summed E-state index contributed by atoms with van der Waals surface area (Å²) in [5, 5.41) is 12.0. The standard InChI is InChI=1S/C25H31Br2N3O5/c1-16-19(15-20(26)22(21(16)27)34-14-13-31)23(32)28-17-5-7-18(8-6-17)29-9-11-30(12-10-29)24(33)35-25(2,3)4/h5-8,15,31H,9-14H2,1-4H3,(H,28,32). The van der Waals surface area contributed by atoms with Crippen LogP contribution in [0, 0.1) is 6.92 Å². The molecule has 0 spiro atoms. The predicted molar refractivity (Wildman–Crippen MR) is 144 cm³/mol. The maximum atomic E-state index is 13.0. The van der Waals surface area contributed by atoms with E-state index in [1.54, 1.807) is 11.0 Å². The van der Waals surface area contributed by atoms with Crippen molar-refractivity contribution in [3.8, 4) is 5.75 Å². The SMILES string of the molecule is Cc1c(C(=O)Nc2ccc(N3CCN(C(=O)OC(C)(C)C)CC3)cc2)cc(Br)c(OCCO)c1Br. The van der Waals surface area contributed by atoms with Crippen molar-refractivity contribution in [2.75, 3.05) is 49.6 Å². The van der Waals surface area contributed by atoms with Gasteiger partial charge in [-0.3, -0.25) is 4.79 Å². The van der Waals surface area contributed by atoms with Crippen molar-refractivity contribution in [1.82, 2.24) is 4.90 Å². The van der Waals surface area contributed by atoms with Crippen molar-refractivity contribution in [3.63, 3.8) is 0 Å². The van der Waals surface area contributed by atoms with Crippen LogP contribution < -0.4 is 15.0 Å². The van der Waals surface area contributed by atoms with Gasteiger partial charge in [-0.1, -0.05) is 0 Å². The number of carbonyl (C=O) groups is 2. The molecule has 0 bridgehead atoms. The van der Waals surface area contributed by atoms with E-state index in [4.69, 9.17) is 14.6 Å². The molecule has 1 aliphatic rings. The number of hydrogen-bond donors (Lipinski definition) is 2. The van der Waals surface area contributed by atoms with Gasteiger partial charge in [-0.15, -0.1) is 0 Å². The molecule has 0 radical (unpaired) electrons. The predicted octanol–water partition coefficient (Wildman–Crippen LogP) is 5.20. The van der Waals surface area contributed by atoms with Crippen molar-refractivity contribution < 1.29 is 24.2 Å². The summed E-state index contributed by atoms with van der Waals surface area (Å²) in [6.07, 6.45) is -0.281. The lowest BCUT2D eigenvalue weighted by Gasteiger charge is -2.36. The molecule has 0 atom stereocenters. The van der Waals surface area contributed by atoms with Crippen LogP contribution in [0.5, 0.6) is 5.75 Å². The van der Waals surface area contributed by atoms with Crippen molar-refractivity contribution in [2.45, 2.75) is 33.3 Å². The van der Waals surface area contributed by atoms with Gasteiger partial charge in [0.2, 0.25) is 0 Å². The zero-order valence-electron chi connectivity index (χ0n) is 20.4. The number of carbonyl (C=O) groups excluding carboxylic acids is 2. The van der Waals surface area contributed by atoms with Crippen LogP contribution in [-0.2, 0) is 4.74 Å². The monoisotopic (exact) mass is 611 g/mol. The van der Waals surface area contributed by atoms with Crippen molar-refractivity contribution >= 4 is 55.2 Å². The Labute approximate surface area is 222 Å². The topological polar surface area (TPSA) is 91.3 Å². The molecule has 2 N–H and O–H groups in total. The first-order valence-electron chi connectivity index (χ1n) is 11.4. The second kappa shape index (κ2) is 11.6. The summed E-state index contributed by atoms with van der Waals surface area (Å²) in [7, 11) is 0. The number of nitrogens with one attached hydrogen (secondary N) is 1. The zero-order chi connectivity index (χ0) is 25.8. The molecule has 0 unspecified atom stereocenters. The van der Waals surface area contributed by atoms with Crippen LogP contribution in [-0.4, -0.2) is 67.0 Å². The average Bonchev–Trinajstić information content (AvgIpc) is 2.81. The smallest absolute Gasteiger partial charge is 0.410 e. The molecule has 1 aliphatic heterocycles. The lowest BCUT2D eigenvalue weighted by Crippen LogP contribution is -2.50. The van der Waals surface area contributed by atoms with Gasteiger partial charge < -0.3 is 29.7 Å². The van der Waals surface area contributed by atoms with Crippen LogP contribution in [0.1, 0.15) is 36.7 Å². The van der Waals surface area contributed by atoms with Crippen LogP contribution in [0.25, 0.3) is 0 Å². The Balaban J connectivity index is 1.61. The molecular weight excluding hydrogens is 582 g/mol. The van der Waals surface area contributed by atoms with Crippen LogP contribution in [0.3, 0.4) is 0 Å². The van der Waals surface area contributed by atoms with Crippen molar-refractivity contribution in [3.05, 3.63) is 50.4 Å². The second-order valence-electron chi connectivity index (χ2n) is 9.20. The normalized spacial score (nSPS) is 14.0. The lowest BCUT2D eigenvalue weighted by atomic mass is 10.1.